The molecule has 0 unspecified atom stereocenters. The summed E-state index contributed by atoms with van der Waals surface area (Å²) in [5.74, 6) is -0.510. The summed E-state index contributed by atoms with van der Waals surface area (Å²) in [6.45, 7) is 6.22. The van der Waals surface area contributed by atoms with Gasteiger partial charge in [-0.2, -0.15) is 0 Å². The first-order valence-electron chi connectivity index (χ1n) is 5.59. The number of rotatable bonds is 3. The molecule has 0 fully saturated rings. The SMILES string of the molecule is CCOC(=O)C1=CC=C(C)CN1C(=O)OCC. The molecule has 0 spiro atoms. The molecule has 0 radical (unpaired) electrons. The molecule has 17 heavy (non-hydrogen) atoms. The minimum absolute atomic E-state index is 0.218. The first-order chi connectivity index (χ1) is 8.10. The van der Waals surface area contributed by atoms with E-state index in [1.165, 1.54) is 4.90 Å². The van der Waals surface area contributed by atoms with Crippen LogP contribution in [0.25, 0.3) is 0 Å². The second-order valence-electron chi connectivity index (χ2n) is 3.57. The van der Waals surface area contributed by atoms with E-state index in [1.807, 2.05) is 6.92 Å². The van der Waals surface area contributed by atoms with Gasteiger partial charge in [-0.15, -0.1) is 0 Å². The van der Waals surface area contributed by atoms with E-state index in [0.717, 1.165) is 5.57 Å². The maximum absolute atomic E-state index is 11.7. The smallest absolute Gasteiger partial charge is 0.414 e. The zero-order valence-corrected chi connectivity index (χ0v) is 10.4. The van der Waals surface area contributed by atoms with E-state index < -0.39 is 12.1 Å². The Morgan fingerprint density at radius 2 is 1.88 bits per heavy atom. The Hall–Kier alpha value is -1.78. The molecule has 1 aliphatic heterocycles. The zero-order valence-electron chi connectivity index (χ0n) is 10.4. The Bertz CT molecular complexity index is 371. The van der Waals surface area contributed by atoms with Crippen molar-refractivity contribution in [2.75, 3.05) is 19.8 Å². The van der Waals surface area contributed by atoms with Gasteiger partial charge in [-0.3, -0.25) is 4.90 Å². The summed E-state index contributed by atoms with van der Waals surface area (Å²) >= 11 is 0. The first kappa shape index (κ1) is 13.3. The summed E-state index contributed by atoms with van der Waals surface area (Å²) in [7, 11) is 0. The van der Waals surface area contributed by atoms with Gasteiger partial charge in [-0.25, -0.2) is 9.59 Å². The van der Waals surface area contributed by atoms with Crippen molar-refractivity contribution in [3.05, 3.63) is 23.4 Å². The van der Waals surface area contributed by atoms with Crippen LogP contribution in [0.2, 0.25) is 0 Å². The molecule has 0 aromatic rings. The fraction of sp³-hybridized carbons (Fsp3) is 0.500. The summed E-state index contributed by atoms with van der Waals surface area (Å²) in [4.78, 5) is 24.6. The van der Waals surface area contributed by atoms with Crippen LogP contribution < -0.4 is 0 Å². The van der Waals surface area contributed by atoms with Gasteiger partial charge >= 0.3 is 12.1 Å². The van der Waals surface area contributed by atoms with Crippen LogP contribution in [0.3, 0.4) is 0 Å². The Kier molecular flexibility index (Phi) is 4.75. The molecule has 5 nitrogen and oxygen atoms in total. The number of carbonyl (C=O) groups excluding carboxylic acids is 2. The van der Waals surface area contributed by atoms with Crippen molar-refractivity contribution < 1.29 is 19.1 Å². The normalized spacial score (nSPS) is 14.9. The van der Waals surface area contributed by atoms with E-state index in [0.29, 0.717) is 6.54 Å². The van der Waals surface area contributed by atoms with Gasteiger partial charge in [0.05, 0.1) is 19.8 Å². The predicted octanol–water partition coefficient (Wildman–Crippen LogP) is 1.85. The summed E-state index contributed by atoms with van der Waals surface area (Å²) in [6.07, 6.45) is 2.84. The third-order valence-corrected chi connectivity index (χ3v) is 2.20. The van der Waals surface area contributed by atoms with Crippen molar-refractivity contribution in [3.8, 4) is 0 Å². The van der Waals surface area contributed by atoms with Crippen LogP contribution in [0.15, 0.2) is 23.4 Å². The Labute approximate surface area is 101 Å². The average Bonchev–Trinajstić information content (AvgIpc) is 2.29. The standard InChI is InChI=1S/C12H17NO4/c1-4-16-11(14)10-7-6-9(3)8-13(10)12(15)17-5-2/h6-7H,4-5,8H2,1-3H3. The molecular formula is C12H17NO4. The van der Waals surface area contributed by atoms with Gasteiger partial charge in [-0.1, -0.05) is 11.6 Å². The van der Waals surface area contributed by atoms with Crippen LogP contribution in [0, 0.1) is 0 Å². The number of amides is 1. The number of hydrogen-bond donors (Lipinski definition) is 0. The molecule has 1 amide bonds. The average molecular weight is 239 g/mol. The summed E-state index contributed by atoms with van der Waals surface area (Å²) in [6, 6.07) is 0. The lowest BCUT2D eigenvalue weighted by Crippen LogP contribution is -2.37. The van der Waals surface area contributed by atoms with Gasteiger partial charge in [0, 0.05) is 0 Å². The minimum Gasteiger partial charge on any atom is -0.461 e. The Balaban J connectivity index is 2.88. The third kappa shape index (κ3) is 3.34. The van der Waals surface area contributed by atoms with E-state index in [2.05, 4.69) is 0 Å². The highest BCUT2D eigenvalue weighted by atomic mass is 16.6. The van der Waals surface area contributed by atoms with Crippen molar-refractivity contribution in [3.63, 3.8) is 0 Å². The van der Waals surface area contributed by atoms with Crippen LogP contribution in [-0.4, -0.2) is 36.7 Å². The lowest BCUT2D eigenvalue weighted by Gasteiger charge is -2.25. The molecule has 0 atom stereocenters. The number of carbonyl (C=O) groups is 2. The molecule has 1 heterocycles. The molecule has 0 aromatic heterocycles. The van der Waals surface area contributed by atoms with Crippen molar-refractivity contribution in [1.29, 1.82) is 0 Å². The van der Waals surface area contributed by atoms with Crippen LogP contribution in [0.5, 0.6) is 0 Å². The van der Waals surface area contributed by atoms with Gasteiger partial charge < -0.3 is 9.47 Å². The second kappa shape index (κ2) is 6.08. The molecule has 0 aliphatic carbocycles. The van der Waals surface area contributed by atoms with Crippen LogP contribution >= 0.6 is 0 Å². The topological polar surface area (TPSA) is 55.8 Å². The molecule has 0 bridgehead atoms. The molecule has 0 saturated carbocycles. The fourth-order valence-electron chi connectivity index (χ4n) is 1.45. The highest BCUT2D eigenvalue weighted by Crippen LogP contribution is 2.17. The van der Waals surface area contributed by atoms with Gasteiger partial charge in [0.2, 0.25) is 0 Å². The van der Waals surface area contributed by atoms with Gasteiger partial charge in [0.15, 0.2) is 0 Å². The largest absolute Gasteiger partial charge is 0.461 e. The first-order valence-corrected chi connectivity index (χ1v) is 5.59. The number of esters is 1. The number of ether oxygens (including phenoxy) is 2. The maximum Gasteiger partial charge on any atom is 0.414 e. The molecular weight excluding hydrogens is 222 g/mol. The predicted molar refractivity (Wildman–Crippen MR) is 62.2 cm³/mol. The summed E-state index contributed by atoms with van der Waals surface area (Å²) in [5.41, 5.74) is 1.20. The van der Waals surface area contributed by atoms with E-state index in [1.54, 1.807) is 26.0 Å². The molecule has 5 heteroatoms. The summed E-state index contributed by atoms with van der Waals surface area (Å²) < 4.78 is 9.79. The molecule has 1 rings (SSSR count). The molecule has 0 saturated heterocycles. The minimum atomic E-state index is -0.528. The highest BCUT2D eigenvalue weighted by Gasteiger charge is 2.27. The van der Waals surface area contributed by atoms with Gasteiger partial charge in [0.1, 0.15) is 5.70 Å². The van der Waals surface area contributed by atoms with Crippen molar-refractivity contribution in [2.45, 2.75) is 20.8 Å². The van der Waals surface area contributed by atoms with E-state index in [9.17, 15) is 9.59 Å². The third-order valence-electron chi connectivity index (χ3n) is 2.20. The maximum atomic E-state index is 11.7. The number of allylic oxidation sites excluding steroid dienone is 2. The van der Waals surface area contributed by atoms with E-state index in [4.69, 9.17) is 9.47 Å². The quantitative estimate of drug-likeness (QED) is 0.705. The number of nitrogens with zero attached hydrogens (tertiary/aromatic N) is 1. The van der Waals surface area contributed by atoms with E-state index in [-0.39, 0.29) is 18.9 Å². The molecule has 1 aliphatic rings. The lowest BCUT2D eigenvalue weighted by molar-refractivity contribution is -0.140. The highest BCUT2D eigenvalue weighted by molar-refractivity contribution is 5.93. The Morgan fingerprint density at radius 3 is 2.47 bits per heavy atom. The van der Waals surface area contributed by atoms with Crippen LogP contribution in [-0.2, 0) is 14.3 Å². The molecule has 0 aromatic carbocycles. The second-order valence-corrected chi connectivity index (χ2v) is 3.57. The van der Waals surface area contributed by atoms with Crippen molar-refractivity contribution >= 4 is 12.1 Å². The van der Waals surface area contributed by atoms with Crippen molar-refractivity contribution in [1.82, 2.24) is 4.90 Å². The molecule has 0 N–H and O–H groups in total. The van der Waals surface area contributed by atoms with Crippen molar-refractivity contribution in [2.24, 2.45) is 0 Å². The fourth-order valence-corrected chi connectivity index (χ4v) is 1.45. The molecule has 94 valence electrons. The van der Waals surface area contributed by atoms with Gasteiger partial charge in [0.25, 0.3) is 0 Å². The van der Waals surface area contributed by atoms with Gasteiger partial charge in [-0.05, 0) is 26.8 Å². The zero-order chi connectivity index (χ0) is 12.8. The summed E-state index contributed by atoms with van der Waals surface area (Å²) in [5, 5.41) is 0. The van der Waals surface area contributed by atoms with E-state index >= 15 is 0 Å². The Morgan fingerprint density at radius 1 is 1.24 bits per heavy atom. The van der Waals surface area contributed by atoms with Crippen LogP contribution in [0.4, 0.5) is 4.79 Å². The lowest BCUT2D eigenvalue weighted by atomic mass is 10.1. The monoisotopic (exact) mass is 239 g/mol. The number of hydrogen-bond acceptors (Lipinski definition) is 4. The van der Waals surface area contributed by atoms with Crippen LogP contribution in [0.1, 0.15) is 20.8 Å².